The van der Waals surface area contributed by atoms with Gasteiger partial charge in [-0.2, -0.15) is 0 Å². The fourth-order valence-electron chi connectivity index (χ4n) is 1.41. The summed E-state index contributed by atoms with van der Waals surface area (Å²) in [6, 6.07) is 4.49. The van der Waals surface area contributed by atoms with Crippen molar-refractivity contribution in [1.29, 1.82) is 0 Å². The third kappa shape index (κ3) is 4.47. The van der Waals surface area contributed by atoms with Crippen molar-refractivity contribution in [3.63, 3.8) is 0 Å². The van der Waals surface area contributed by atoms with Crippen molar-refractivity contribution >= 4 is 11.3 Å². The summed E-state index contributed by atoms with van der Waals surface area (Å²) in [7, 11) is 0. The van der Waals surface area contributed by atoms with E-state index >= 15 is 0 Å². The molecule has 0 saturated carbocycles. The van der Waals surface area contributed by atoms with Crippen LogP contribution in [0, 0.1) is 12.3 Å². The fraction of sp³-hybridized carbons (Fsp3) is 0.667. The molecule has 0 saturated heterocycles. The van der Waals surface area contributed by atoms with Gasteiger partial charge in [-0.15, -0.1) is 11.3 Å². The molecule has 1 aromatic rings. The molecule has 1 rings (SSSR count). The van der Waals surface area contributed by atoms with Gasteiger partial charge in [-0.1, -0.05) is 20.8 Å². The van der Waals surface area contributed by atoms with Crippen molar-refractivity contribution in [3.8, 4) is 0 Å². The van der Waals surface area contributed by atoms with Crippen molar-refractivity contribution in [2.24, 2.45) is 5.41 Å². The van der Waals surface area contributed by atoms with E-state index in [9.17, 15) is 0 Å². The largest absolute Gasteiger partial charge is 0.146 e. The topological polar surface area (TPSA) is 0 Å². The third-order valence-corrected chi connectivity index (χ3v) is 3.21. The molecule has 0 fully saturated rings. The molecule has 0 aromatic carbocycles. The summed E-state index contributed by atoms with van der Waals surface area (Å²) in [5.74, 6) is 0. The molecule has 0 radical (unpaired) electrons. The summed E-state index contributed by atoms with van der Waals surface area (Å²) in [4.78, 5) is 2.98. The van der Waals surface area contributed by atoms with Gasteiger partial charge in [0.25, 0.3) is 0 Å². The van der Waals surface area contributed by atoms with Gasteiger partial charge in [0.1, 0.15) is 0 Å². The second-order valence-electron chi connectivity index (χ2n) is 4.93. The molecular weight excluding hydrogens is 176 g/mol. The maximum Gasteiger partial charge on any atom is 0.00480 e. The van der Waals surface area contributed by atoms with Crippen molar-refractivity contribution in [2.45, 2.75) is 47.0 Å². The van der Waals surface area contributed by atoms with Gasteiger partial charge in [0, 0.05) is 9.75 Å². The van der Waals surface area contributed by atoms with Crippen LogP contribution in [0.5, 0.6) is 0 Å². The molecule has 0 atom stereocenters. The molecule has 0 amide bonds. The van der Waals surface area contributed by atoms with Crippen molar-refractivity contribution in [1.82, 2.24) is 0 Å². The number of aryl methyl sites for hydroxylation is 2. The van der Waals surface area contributed by atoms with Crippen LogP contribution >= 0.6 is 11.3 Å². The Kier molecular flexibility index (Phi) is 3.55. The zero-order valence-electron chi connectivity index (χ0n) is 9.18. The first-order valence-corrected chi connectivity index (χ1v) is 5.84. The van der Waals surface area contributed by atoms with E-state index in [1.165, 1.54) is 24.1 Å². The van der Waals surface area contributed by atoms with Gasteiger partial charge in [0.05, 0.1) is 0 Å². The lowest BCUT2D eigenvalue weighted by molar-refractivity contribution is 0.366. The van der Waals surface area contributed by atoms with Crippen LogP contribution in [0.3, 0.4) is 0 Å². The highest BCUT2D eigenvalue weighted by atomic mass is 32.1. The lowest BCUT2D eigenvalue weighted by atomic mass is 9.90. The van der Waals surface area contributed by atoms with E-state index < -0.39 is 0 Å². The average Bonchev–Trinajstić information content (AvgIpc) is 2.33. The fourth-order valence-corrected chi connectivity index (χ4v) is 2.34. The molecule has 1 heteroatoms. The molecule has 1 heterocycles. The number of hydrogen-bond acceptors (Lipinski definition) is 1. The van der Waals surface area contributed by atoms with Crippen LogP contribution in [0.15, 0.2) is 12.1 Å². The van der Waals surface area contributed by atoms with Crippen molar-refractivity contribution in [2.75, 3.05) is 0 Å². The van der Waals surface area contributed by atoms with Gasteiger partial charge in [0.15, 0.2) is 0 Å². The van der Waals surface area contributed by atoms with Gasteiger partial charge in [-0.05, 0) is 43.7 Å². The molecule has 0 bridgehead atoms. The Morgan fingerprint density at radius 1 is 1.23 bits per heavy atom. The summed E-state index contributed by atoms with van der Waals surface area (Å²) in [5, 5.41) is 0. The molecule has 0 nitrogen and oxygen atoms in total. The zero-order valence-corrected chi connectivity index (χ0v) is 10.0. The van der Waals surface area contributed by atoms with Crippen LogP contribution in [0.25, 0.3) is 0 Å². The number of thiophene rings is 1. The zero-order chi connectivity index (χ0) is 9.90. The second-order valence-corrected chi connectivity index (χ2v) is 6.30. The minimum Gasteiger partial charge on any atom is -0.146 e. The van der Waals surface area contributed by atoms with E-state index in [0.717, 1.165) is 0 Å². The summed E-state index contributed by atoms with van der Waals surface area (Å²) in [6.07, 6.45) is 3.91. The highest BCUT2D eigenvalue weighted by Crippen LogP contribution is 2.24. The van der Waals surface area contributed by atoms with Gasteiger partial charge in [-0.3, -0.25) is 0 Å². The second kappa shape index (κ2) is 4.28. The van der Waals surface area contributed by atoms with E-state index in [1.54, 1.807) is 4.88 Å². The Morgan fingerprint density at radius 2 is 1.92 bits per heavy atom. The molecule has 0 N–H and O–H groups in total. The van der Waals surface area contributed by atoms with Crippen LogP contribution in [0.2, 0.25) is 0 Å². The van der Waals surface area contributed by atoms with Crippen molar-refractivity contribution < 1.29 is 0 Å². The van der Waals surface area contributed by atoms with E-state index in [-0.39, 0.29) is 0 Å². The highest BCUT2D eigenvalue weighted by Gasteiger charge is 2.09. The predicted octanol–water partition coefficient (Wildman–Crippen LogP) is 4.43. The maximum atomic E-state index is 2.31. The van der Waals surface area contributed by atoms with Crippen LogP contribution in [-0.2, 0) is 6.42 Å². The van der Waals surface area contributed by atoms with Crippen LogP contribution < -0.4 is 0 Å². The standard InChI is InChI=1S/C12H20S/c1-10-7-8-11(13-10)6-5-9-12(2,3)4/h7-8H,5-6,9H2,1-4H3. The van der Waals surface area contributed by atoms with E-state index in [2.05, 4.69) is 39.8 Å². The van der Waals surface area contributed by atoms with Gasteiger partial charge in [-0.25, -0.2) is 0 Å². The summed E-state index contributed by atoms with van der Waals surface area (Å²) in [5.41, 5.74) is 0.492. The monoisotopic (exact) mass is 196 g/mol. The first kappa shape index (κ1) is 10.8. The van der Waals surface area contributed by atoms with Crippen LogP contribution in [0.1, 0.15) is 43.4 Å². The molecular formula is C12H20S. The Morgan fingerprint density at radius 3 is 2.38 bits per heavy atom. The lowest BCUT2D eigenvalue weighted by Crippen LogP contribution is -2.04. The number of hydrogen-bond donors (Lipinski definition) is 0. The number of rotatable bonds is 3. The Labute approximate surface area is 86.0 Å². The van der Waals surface area contributed by atoms with Crippen LogP contribution in [0.4, 0.5) is 0 Å². The normalized spacial score (nSPS) is 12.0. The average molecular weight is 196 g/mol. The highest BCUT2D eigenvalue weighted by molar-refractivity contribution is 7.11. The third-order valence-electron chi connectivity index (χ3n) is 2.15. The summed E-state index contributed by atoms with van der Waals surface area (Å²) >= 11 is 1.94. The molecule has 1 aromatic heterocycles. The van der Waals surface area contributed by atoms with Gasteiger partial charge < -0.3 is 0 Å². The summed E-state index contributed by atoms with van der Waals surface area (Å²) < 4.78 is 0. The smallest absolute Gasteiger partial charge is 0.00480 e. The lowest BCUT2D eigenvalue weighted by Gasteiger charge is -2.17. The molecule has 13 heavy (non-hydrogen) atoms. The Balaban J connectivity index is 2.28. The van der Waals surface area contributed by atoms with Crippen molar-refractivity contribution in [3.05, 3.63) is 21.9 Å². The SMILES string of the molecule is Cc1ccc(CCCC(C)(C)C)s1. The molecule has 0 spiro atoms. The quantitative estimate of drug-likeness (QED) is 0.671. The minimum atomic E-state index is 0.492. The van der Waals surface area contributed by atoms with Crippen LogP contribution in [-0.4, -0.2) is 0 Å². The Bertz CT molecular complexity index is 252. The molecule has 0 aliphatic rings. The van der Waals surface area contributed by atoms with Gasteiger partial charge >= 0.3 is 0 Å². The summed E-state index contributed by atoms with van der Waals surface area (Å²) in [6.45, 7) is 9.12. The van der Waals surface area contributed by atoms with E-state index in [1.807, 2.05) is 11.3 Å². The molecule has 0 unspecified atom stereocenters. The van der Waals surface area contributed by atoms with E-state index in [0.29, 0.717) is 5.41 Å². The maximum absolute atomic E-state index is 2.31. The van der Waals surface area contributed by atoms with Gasteiger partial charge in [0.2, 0.25) is 0 Å². The Hall–Kier alpha value is -0.300. The van der Waals surface area contributed by atoms with E-state index in [4.69, 9.17) is 0 Å². The molecule has 0 aliphatic carbocycles. The first-order chi connectivity index (χ1) is 5.97. The molecule has 74 valence electrons. The minimum absolute atomic E-state index is 0.492. The molecule has 0 aliphatic heterocycles. The first-order valence-electron chi connectivity index (χ1n) is 5.03. The predicted molar refractivity (Wildman–Crippen MR) is 61.4 cm³/mol.